The van der Waals surface area contributed by atoms with Crippen molar-refractivity contribution in [1.82, 2.24) is 4.90 Å². The van der Waals surface area contributed by atoms with Crippen LogP contribution in [-0.2, 0) is 14.3 Å². The molecule has 2 saturated heterocycles. The number of rotatable bonds is 0. The Balaban J connectivity index is 1.85. The summed E-state index contributed by atoms with van der Waals surface area (Å²) in [6, 6.07) is 7.53. The maximum absolute atomic E-state index is 13.4. The van der Waals surface area contributed by atoms with Gasteiger partial charge in [-0.2, -0.15) is 0 Å². The number of Topliss-reactive ketones (excluding diaryl/α,β-unsaturated/α-hetero) is 1. The second kappa shape index (κ2) is 5.07. The minimum absolute atomic E-state index is 0.0610. The maximum atomic E-state index is 13.4. The molecule has 3 aliphatic rings. The lowest BCUT2D eigenvalue weighted by Crippen LogP contribution is -2.71. The number of para-hydroxylation sites is 1. The molecule has 2 fully saturated rings. The fourth-order valence-electron chi connectivity index (χ4n) is 4.36. The van der Waals surface area contributed by atoms with Crippen molar-refractivity contribution < 1.29 is 19.1 Å². The second-order valence-electron chi connectivity index (χ2n) is 7.94. The second-order valence-corrected chi connectivity index (χ2v) is 7.94. The summed E-state index contributed by atoms with van der Waals surface area (Å²) >= 11 is 0. The number of benzene rings is 1. The van der Waals surface area contributed by atoms with Crippen molar-refractivity contribution in [3.63, 3.8) is 0 Å². The first-order valence-electron chi connectivity index (χ1n) is 8.72. The van der Waals surface area contributed by atoms with Crippen molar-refractivity contribution in [2.45, 2.75) is 57.2 Å². The zero-order valence-corrected chi connectivity index (χ0v) is 14.7. The van der Waals surface area contributed by atoms with E-state index in [0.29, 0.717) is 19.4 Å². The summed E-state index contributed by atoms with van der Waals surface area (Å²) in [5.41, 5.74) is -0.241. The van der Waals surface area contributed by atoms with E-state index in [4.69, 9.17) is 4.74 Å². The lowest BCUT2D eigenvalue weighted by atomic mass is 9.75. The number of likely N-dealkylation sites (tertiary alicyclic amines) is 1. The van der Waals surface area contributed by atoms with Gasteiger partial charge in [0.25, 0.3) is 0 Å². The molecule has 0 unspecified atom stereocenters. The number of piperidine rings is 1. The standard InChI is InChI=1S/C19H22N2O4/c1-18(2,3)25-17(24)20-11-9-13-12-6-4-5-7-14(12)21-15(22)8-10-19(20,21)16(13)23/h4-7,13H,8-11H2,1-3H3/t13-,19+/m0/s1. The molecule has 25 heavy (non-hydrogen) atoms. The van der Waals surface area contributed by atoms with E-state index in [0.717, 1.165) is 11.3 Å². The van der Waals surface area contributed by atoms with Crippen molar-refractivity contribution in [3.8, 4) is 0 Å². The van der Waals surface area contributed by atoms with E-state index in [9.17, 15) is 14.4 Å². The van der Waals surface area contributed by atoms with Crippen LogP contribution < -0.4 is 4.90 Å². The van der Waals surface area contributed by atoms with E-state index < -0.39 is 17.4 Å². The number of carbonyl (C=O) groups excluding carboxylic acids is 3. The fraction of sp³-hybridized carbons (Fsp3) is 0.526. The van der Waals surface area contributed by atoms with Crippen molar-refractivity contribution in [2.75, 3.05) is 11.4 Å². The molecule has 4 rings (SSSR count). The molecule has 3 aliphatic heterocycles. The van der Waals surface area contributed by atoms with Gasteiger partial charge in [0.2, 0.25) is 5.91 Å². The molecule has 0 N–H and O–H groups in total. The van der Waals surface area contributed by atoms with Crippen LogP contribution in [0.2, 0.25) is 0 Å². The van der Waals surface area contributed by atoms with Crippen molar-refractivity contribution in [3.05, 3.63) is 29.8 Å². The highest BCUT2D eigenvalue weighted by Gasteiger charge is 2.64. The van der Waals surface area contributed by atoms with E-state index in [-0.39, 0.29) is 24.0 Å². The quantitative estimate of drug-likeness (QED) is 0.727. The Bertz CT molecular complexity index is 782. The summed E-state index contributed by atoms with van der Waals surface area (Å²) in [7, 11) is 0. The van der Waals surface area contributed by atoms with Crippen molar-refractivity contribution >= 4 is 23.5 Å². The first kappa shape index (κ1) is 16.1. The van der Waals surface area contributed by atoms with Gasteiger partial charge in [-0.15, -0.1) is 0 Å². The predicted molar refractivity (Wildman–Crippen MR) is 91.2 cm³/mol. The van der Waals surface area contributed by atoms with Gasteiger partial charge in [0, 0.05) is 19.4 Å². The molecule has 0 radical (unpaired) electrons. The smallest absolute Gasteiger partial charge is 0.412 e. The van der Waals surface area contributed by atoms with Crippen LogP contribution in [0.5, 0.6) is 0 Å². The number of hydrogen-bond donors (Lipinski definition) is 0. The van der Waals surface area contributed by atoms with Crippen LogP contribution in [0.1, 0.15) is 51.5 Å². The molecule has 3 heterocycles. The molecule has 0 aromatic heterocycles. The third-order valence-corrected chi connectivity index (χ3v) is 5.27. The summed E-state index contributed by atoms with van der Waals surface area (Å²) in [5.74, 6) is -0.444. The Kier molecular flexibility index (Phi) is 3.27. The zero-order chi connectivity index (χ0) is 18.0. The van der Waals surface area contributed by atoms with E-state index in [1.54, 1.807) is 25.7 Å². The average Bonchev–Trinajstić information content (AvgIpc) is 2.85. The lowest BCUT2D eigenvalue weighted by Gasteiger charge is -2.53. The molecule has 1 aromatic rings. The van der Waals surface area contributed by atoms with Gasteiger partial charge in [-0.25, -0.2) is 4.79 Å². The normalized spacial score (nSPS) is 27.9. The minimum Gasteiger partial charge on any atom is -0.444 e. The Morgan fingerprint density at radius 1 is 1.24 bits per heavy atom. The van der Waals surface area contributed by atoms with Crippen LogP contribution in [0.3, 0.4) is 0 Å². The molecule has 1 aromatic carbocycles. The zero-order valence-electron chi connectivity index (χ0n) is 14.7. The van der Waals surface area contributed by atoms with Gasteiger partial charge >= 0.3 is 6.09 Å². The molecular weight excluding hydrogens is 320 g/mol. The Hall–Kier alpha value is -2.37. The van der Waals surface area contributed by atoms with Gasteiger partial charge in [0.05, 0.1) is 11.6 Å². The van der Waals surface area contributed by atoms with Gasteiger partial charge in [-0.3, -0.25) is 19.4 Å². The maximum Gasteiger partial charge on any atom is 0.412 e. The van der Waals surface area contributed by atoms with Gasteiger partial charge in [0.1, 0.15) is 5.60 Å². The number of anilines is 1. The molecule has 2 atom stereocenters. The van der Waals surface area contributed by atoms with Gasteiger partial charge in [0.15, 0.2) is 11.4 Å². The molecular formula is C19H22N2O4. The third-order valence-electron chi connectivity index (χ3n) is 5.27. The molecule has 6 heteroatoms. The third kappa shape index (κ3) is 2.12. The largest absolute Gasteiger partial charge is 0.444 e. The summed E-state index contributed by atoms with van der Waals surface area (Å²) in [5, 5.41) is 0. The highest BCUT2D eigenvalue weighted by Crippen LogP contribution is 2.52. The lowest BCUT2D eigenvalue weighted by molar-refractivity contribution is -0.138. The van der Waals surface area contributed by atoms with Crippen LogP contribution in [0.25, 0.3) is 0 Å². The number of nitrogens with zero attached hydrogens (tertiary/aromatic N) is 2. The van der Waals surface area contributed by atoms with Gasteiger partial charge in [-0.1, -0.05) is 18.2 Å². The number of ether oxygens (including phenoxy) is 1. The Morgan fingerprint density at radius 2 is 1.96 bits per heavy atom. The SMILES string of the molecule is CC(C)(C)OC(=O)N1CC[C@@H]2C(=O)[C@]13CCC(=O)N3c1ccccc12. The Morgan fingerprint density at radius 3 is 2.68 bits per heavy atom. The molecule has 0 aliphatic carbocycles. The van der Waals surface area contributed by atoms with Crippen LogP contribution in [0.4, 0.5) is 10.5 Å². The molecule has 1 spiro atoms. The number of ketones is 1. The first-order chi connectivity index (χ1) is 11.8. The summed E-state index contributed by atoms with van der Waals surface area (Å²) in [4.78, 5) is 41.9. The van der Waals surface area contributed by atoms with Gasteiger partial charge in [-0.05, 0) is 38.8 Å². The van der Waals surface area contributed by atoms with Crippen molar-refractivity contribution in [1.29, 1.82) is 0 Å². The monoisotopic (exact) mass is 342 g/mol. The number of hydrogen-bond acceptors (Lipinski definition) is 4. The molecule has 0 saturated carbocycles. The Labute approximate surface area is 146 Å². The first-order valence-corrected chi connectivity index (χ1v) is 8.72. The van der Waals surface area contributed by atoms with E-state index >= 15 is 0 Å². The number of amides is 2. The molecule has 132 valence electrons. The molecule has 2 amide bonds. The van der Waals surface area contributed by atoms with Crippen LogP contribution in [0.15, 0.2) is 24.3 Å². The highest BCUT2D eigenvalue weighted by molar-refractivity contribution is 6.14. The fourth-order valence-corrected chi connectivity index (χ4v) is 4.36. The van der Waals surface area contributed by atoms with E-state index in [2.05, 4.69) is 0 Å². The van der Waals surface area contributed by atoms with Crippen LogP contribution in [0, 0.1) is 0 Å². The van der Waals surface area contributed by atoms with E-state index in [1.165, 1.54) is 4.90 Å². The van der Waals surface area contributed by atoms with Crippen LogP contribution in [-0.4, -0.2) is 40.5 Å². The number of fused-ring (bicyclic) bond motifs is 4. The summed E-state index contributed by atoms with van der Waals surface area (Å²) in [6.45, 7) is 5.80. The number of carbonyl (C=O) groups is 3. The van der Waals surface area contributed by atoms with Crippen molar-refractivity contribution in [2.24, 2.45) is 0 Å². The van der Waals surface area contributed by atoms with E-state index in [1.807, 2.05) is 24.3 Å². The summed E-state index contributed by atoms with van der Waals surface area (Å²) in [6.07, 6.45) is 0.609. The average molecular weight is 342 g/mol. The minimum atomic E-state index is -1.23. The molecule has 6 nitrogen and oxygen atoms in total. The van der Waals surface area contributed by atoms with Gasteiger partial charge < -0.3 is 4.74 Å². The topological polar surface area (TPSA) is 66.9 Å². The van der Waals surface area contributed by atoms with Crippen LogP contribution >= 0.6 is 0 Å². The summed E-state index contributed by atoms with van der Waals surface area (Å²) < 4.78 is 5.54. The predicted octanol–water partition coefficient (Wildman–Crippen LogP) is 2.82. The molecule has 2 bridgehead atoms. The highest BCUT2D eigenvalue weighted by atomic mass is 16.6.